The van der Waals surface area contributed by atoms with E-state index in [1.165, 1.54) is 17.3 Å². The van der Waals surface area contributed by atoms with Crippen molar-refractivity contribution >= 4 is 0 Å². The van der Waals surface area contributed by atoms with E-state index in [0.29, 0.717) is 5.57 Å². The van der Waals surface area contributed by atoms with Crippen LogP contribution >= 0.6 is 0 Å². The van der Waals surface area contributed by atoms with E-state index in [1.807, 2.05) is 12.1 Å². The van der Waals surface area contributed by atoms with Gasteiger partial charge in [-0.1, -0.05) is 87.2 Å². The van der Waals surface area contributed by atoms with Crippen LogP contribution < -0.4 is 10.9 Å². The largest absolute Gasteiger partial charge is 0.506 e. The molecule has 0 aromatic heterocycles. The molecule has 2 atom stereocenters. The minimum absolute atomic E-state index is 0.0186. The lowest BCUT2D eigenvalue weighted by atomic mass is 9.88. The first-order valence-corrected chi connectivity index (χ1v) is 10.8. The van der Waals surface area contributed by atoms with Gasteiger partial charge in [0, 0.05) is 24.9 Å². The van der Waals surface area contributed by atoms with Crippen molar-refractivity contribution in [1.82, 2.24) is 15.8 Å². The Morgan fingerprint density at radius 1 is 1.10 bits per heavy atom. The van der Waals surface area contributed by atoms with Crippen LogP contribution in [0, 0.1) is 0 Å². The van der Waals surface area contributed by atoms with Gasteiger partial charge in [-0.2, -0.15) is 0 Å². The molecule has 3 rings (SSSR count). The Hall–Kier alpha value is -3.02. The molecule has 5 heteroatoms. The second kappa shape index (κ2) is 10.8. The third-order valence-electron chi connectivity index (χ3n) is 5.72. The van der Waals surface area contributed by atoms with E-state index >= 15 is 0 Å². The number of nitrogens with one attached hydrogen (secondary N) is 2. The molecule has 5 nitrogen and oxygen atoms in total. The highest BCUT2D eigenvalue weighted by Gasteiger charge is 2.34. The van der Waals surface area contributed by atoms with Crippen LogP contribution in [0.15, 0.2) is 97.1 Å². The molecule has 2 unspecified atom stereocenters. The van der Waals surface area contributed by atoms with E-state index in [9.17, 15) is 5.11 Å². The number of benzene rings is 2. The van der Waals surface area contributed by atoms with Crippen LogP contribution in [0.4, 0.5) is 0 Å². The van der Waals surface area contributed by atoms with Crippen molar-refractivity contribution in [2.75, 3.05) is 13.7 Å². The van der Waals surface area contributed by atoms with Gasteiger partial charge in [0.05, 0.1) is 18.2 Å². The molecule has 0 radical (unpaired) electrons. The lowest BCUT2D eigenvalue weighted by Crippen LogP contribution is -2.51. The molecule has 2 aromatic rings. The molecular weight excluding hydrogens is 386 g/mol. The van der Waals surface area contributed by atoms with Crippen molar-refractivity contribution in [3.63, 3.8) is 0 Å². The minimum atomic E-state index is -0.341. The number of hydrazine groups is 1. The molecular formula is C26H33N3O2. The fourth-order valence-electron chi connectivity index (χ4n) is 4.02. The van der Waals surface area contributed by atoms with Crippen molar-refractivity contribution < 1.29 is 9.84 Å². The number of rotatable bonds is 10. The van der Waals surface area contributed by atoms with Gasteiger partial charge in [0.15, 0.2) is 0 Å². The van der Waals surface area contributed by atoms with Crippen LogP contribution in [0.25, 0.3) is 0 Å². The number of hydrogen-bond acceptors (Lipinski definition) is 5. The summed E-state index contributed by atoms with van der Waals surface area (Å²) in [6, 6.07) is 20.5. The van der Waals surface area contributed by atoms with Gasteiger partial charge < -0.3 is 20.2 Å². The van der Waals surface area contributed by atoms with Gasteiger partial charge in [-0.15, -0.1) is 0 Å². The maximum absolute atomic E-state index is 10.2. The number of unbranched alkanes of at least 4 members (excludes halogenated alkanes) is 1. The van der Waals surface area contributed by atoms with Crippen molar-refractivity contribution in [3.8, 4) is 0 Å². The van der Waals surface area contributed by atoms with Gasteiger partial charge in [-0.3, -0.25) is 0 Å². The minimum Gasteiger partial charge on any atom is -0.506 e. The summed E-state index contributed by atoms with van der Waals surface area (Å²) in [7, 11) is 1.74. The first-order valence-electron chi connectivity index (χ1n) is 10.8. The normalized spacial score (nSPS) is 17.1. The summed E-state index contributed by atoms with van der Waals surface area (Å²) in [5, 5.41) is 10.2. The number of hydrogen-bond donors (Lipinski definition) is 3. The van der Waals surface area contributed by atoms with E-state index in [-0.39, 0.29) is 23.9 Å². The van der Waals surface area contributed by atoms with Gasteiger partial charge in [-0.05, 0) is 17.5 Å². The molecule has 2 aromatic carbocycles. The van der Waals surface area contributed by atoms with Gasteiger partial charge in [0.25, 0.3) is 0 Å². The lowest BCUT2D eigenvalue weighted by molar-refractivity contribution is -0.0275. The predicted molar refractivity (Wildman–Crippen MR) is 126 cm³/mol. The summed E-state index contributed by atoms with van der Waals surface area (Å²) in [6.07, 6.45) is 3.24. The Kier molecular flexibility index (Phi) is 7.93. The SMILES string of the molecule is C=C1C(O)=CNNC1C(=C)N(CCCC)C(OC)C(c1ccccc1)c1ccccc1. The van der Waals surface area contributed by atoms with Crippen LogP contribution in [0.2, 0.25) is 0 Å². The average molecular weight is 420 g/mol. The van der Waals surface area contributed by atoms with Crippen molar-refractivity contribution in [2.45, 2.75) is 38.0 Å². The molecule has 0 amide bonds. The van der Waals surface area contributed by atoms with E-state index in [1.54, 1.807) is 7.11 Å². The molecule has 1 heterocycles. The molecule has 0 saturated carbocycles. The summed E-state index contributed by atoms with van der Waals surface area (Å²) >= 11 is 0. The third-order valence-corrected chi connectivity index (χ3v) is 5.72. The molecule has 0 aliphatic carbocycles. The van der Waals surface area contributed by atoms with Crippen LogP contribution in [0.5, 0.6) is 0 Å². The number of methoxy groups -OCH3 is 1. The molecule has 0 bridgehead atoms. The van der Waals surface area contributed by atoms with Gasteiger partial charge in [-0.25, -0.2) is 5.43 Å². The highest BCUT2D eigenvalue weighted by Crippen LogP contribution is 2.34. The Morgan fingerprint density at radius 2 is 1.68 bits per heavy atom. The number of nitrogens with zero attached hydrogens (tertiary/aromatic N) is 1. The summed E-state index contributed by atoms with van der Waals surface area (Å²) in [5.41, 5.74) is 9.80. The molecule has 1 aliphatic rings. The number of aliphatic hydroxyl groups is 1. The van der Waals surface area contributed by atoms with Gasteiger partial charge in [0.1, 0.15) is 12.0 Å². The topological polar surface area (TPSA) is 56.8 Å². The second-order valence-electron chi connectivity index (χ2n) is 7.74. The number of ether oxygens (including phenoxy) is 1. The average Bonchev–Trinajstić information content (AvgIpc) is 2.81. The fourth-order valence-corrected chi connectivity index (χ4v) is 4.02. The summed E-state index contributed by atoms with van der Waals surface area (Å²) in [6.45, 7) is 11.4. The fraction of sp³-hybridized carbons (Fsp3) is 0.308. The highest BCUT2D eigenvalue weighted by molar-refractivity contribution is 5.38. The summed E-state index contributed by atoms with van der Waals surface area (Å²) in [4.78, 5) is 2.21. The Balaban J connectivity index is 2.02. The molecule has 0 spiro atoms. The van der Waals surface area contributed by atoms with Crippen molar-refractivity contribution in [3.05, 3.63) is 108 Å². The Bertz CT molecular complexity index is 856. The molecule has 0 fully saturated rings. The predicted octanol–water partition coefficient (Wildman–Crippen LogP) is 4.84. The van der Waals surface area contributed by atoms with E-state index < -0.39 is 0 Å². The van der Waals surface area contributed by atoms with Crippen molar-refractivity contribution in [1.29, 1.82) is 0 Å². The zero-order valence-electron chi connectivity index (χ0n) is 18.4. The smallest absolute Gasteiger partial charge is 0.140 e. The van der Waals surface area contributed by atoms with E-state index in [0.717, 1.165) is 25.1 Å². The monoisotopic (exact) mass is 419 g/mol. The second-order valence-corrected chi connectivity index (χ2v) is 7.74. The summed E-state index contributed by atoms with van der Waals surface area (Å²) < 4.78 is 6.16. The summed E-state index contributed by atoms with van der Waals surface area (Å²) in [5.74, 6) is 0.104. The lowest BCUT2D eigenvalue weighted by Gasteiger charge is -2.42. The first-order chi connectivity index (χ1) is 15.1. The number of aliphatic hydroxyl groups excluding tert-OH is 1. The standard InChI is InChI=1S/C26H33N3O2/c1-5-6-17-29(20(3)25-19(2)23(30)18-27-28-25)26(31-4)24(21-13-9-7-10-14-21)22-15-11-8-12-16-22/h7-16,18,24-28,30H,2-3,5-6,17H2,1,4H3. The van der Waals surface area contributed by atoms with E-state index in [4.69, 9.17) is 4.74 Å². The highest BCUT2D eigenvalue weighted by atomic mass is 16.5. The molecule has 1 aliphatic heterocycles. The van der Waals surface area contributed by atoms with Crippen LogP contribution in [0.3, 0.4) is 0 Å². The molecule has 164 valence electrons. The zero-order chi connectivity index (χ0) is 22.2. The van der Waals surface area contributed by atoms with Crippen LogP contribution in [0.1, 0.15) is 36.8 Å². The maximum Gasteiger partial charge on any atom is 0.140 e. The van der Waals surface area contributed by atoms with Gasteiger partial charge in [0.2, 0.25) is 0 Å². The van der Waals surface area contributed by atoms with Crippen LogP contribution in [-0.4, -0.2) is 35.9 Å². The van der Waals surface area contributed by atoms with E-state index in [2.05, 4.69) is 84.4 Å². The molecule has 3 N–H and O–H groups in total. The zero-order valence-corrected chi connectivity index (χ0v) is 18.4. The maximum atomic E-state index is 10.2. The molecule has 31 heavy (non-hydrogen) atoms. The Labute approximate surface area is 185 Å². The molecule has 0 saturated heterocycles. The van der Waals surface area contributed by atoms with Crippen molar-refractivity contribution in [2.24, 2.45) is 0 Å². The quantitative estimate of drug-likeness (QED) is 0.481. The third kappa shape index (κ3) is 5.19. The Morgan fingerprint density at radius 3 is 2.19 bits per heavy atom. The van der Waals surface area contributed by atoms with Crippen LogP contribution in [-0.2, 0) is 4.74 Å². The first kappa shape index (κ1) is 22.7. The van der Waals surface area contributed by atoms with Gasteiger partial charge >= 0.3 is 0 Å².